The molecule has 6 heteroatoms. The second-order valence-corrected chi connectivity index (χ2v) is 5.52. The first-order valence-corrected chi connectivity index (χ1v) is 6.78. The quantitative estimate of drug-likeness (QED) is 0.919. The predicted octanol–water partition coefficient (Wildman–Crippen LogP) is 1.70. The molecule has 5 nitrogen and oxygen atoms in total. The van der Waals surface area contributed by atoms with E-state index in [2.05, 4.69) is 21.2 Å². The third-order valence-corrected chi connectivity index (χ3v) is 3.11. The van der Waals surface area contributed by atoms with Crippen LogP contribution in [0.3, 0.4) is 0 Å². The molecule has 1 aliphatic rings. The molecule has 0 aromatic heterocycles. The first-order valence-electron chi connectivity index (χ1n) is 5.99. The number of hydrogen-bond donors (Lipinski definition) is 1. The monoisotopic (exact) mass is 326 g/mol. The molecule has 1 heterocycles. The van der Waals surface area contributed by atoms with Crippen LogP contribution in [0.25, 0.3) is 0 Å². The maximum atomic E-state index is 11.9. The summed E-state index contributed by atoms with van der Waals surface area (Å²) in [6.45, 7) is 3.72. The van der Waals surface area contributed by atoms with Crippen molar-refractivity contribution >= 4 is 33.4 Å². The summed E-state index contributed by atoms with van der Waals surface area (Å²) >= 11 is 3.35. The fourth-order valence-electron chi connectivity index (χ4n) is 1.86. The molecule has 1 N–H and O–H groups in total. The highest BCUT2D eigenvalue weighted by Crippen LogP contribution is 2.34. The van der Waals surface area contributed by atoms with Gasteiger partial charge in [-0.3, -0.25) is 14.5 Å². The molecule has 0 atom stereocenters. The standard InChI is InChI=1S/C13H15BrN2O3/c1-8(2)15-12(17)6-16-10-4-3-9(14)5-11(10)19-7-13(16)18/h3-5,8H,6-7H2,1-2H3,(H,15,17). The minimum atomic E-state index is -0.214. The Hall–Kier alpha value is -1.56. The van der Waals surface area contributed by atoms with Crippen LogP contribution in [0.1, 0.15) is 13.8 Å². The van der Waals surface area contributed by atoms with E-state index in [0.29, 0.717) is 11.4 Å². The number of hydrogen-bond acceptors (Lipinski definition) is 3. The van der Waals surface area contributed by atoms with Crippen molar-refractivity contribution in [3.8, 4) is 5.75 Å². The molecule has 1 aliphatic heterocycles. The third kappa shape index (κ3) is 3.26. The van der Waals surface area contributed by atoms with Gasteiger partial charge in [0.25, 0.3) is 5.91 Å². The van der Waals surface area contributed by atoms with Gasteiger partial charge in [-0.15, -0.1) is 0 Å². The van der Waals surface area contributed by atoms with Gasteiger partial charge in [0.1, 0.15) is 12.3 Å². The molecule has 0 bridgehead atoms. The first kappa shape index (κ1) is 13.9. The predicted molar refractivity (Wildman–Crippen MR) is 75.3 cm³/mol. The van der Waals surface area contributed by atoms with Crippen LogP contribution in [0.5, 0.6) is 5.75 Å². The maximum Gasteiger partial charge on any atom is 0.265 e. The van der Waals surface area contributed by atoms with Gasteiger partial charge in [-0.25, -0.2) is 0 Å². The topological polar surface area (TPSA) is 58.6 Å². The number of halogens is 1. The largest absolute Gasteiger partial charge is 0.482 e. The van der Waals surface area contributed by atoms with Gasteiger partial charge in [0.2, 0.25) is 5.91 Å². The molecule has 19 heavy (non-hydrogen) atoms. The van der Waals surface area contributed by atoms with Crippen LogP contribution in [-0.4, -0.2) is 31.0 Å². The smallest absolute Gasteiger partial charge is 0.265 e. The van der Waals surface area contributed by atoms with Crippen molar-refractivity contribution in [2.24, 2.45) is 0 Å². The Labute approximate surface area is 120 Å². The summed E-state index contributed by atoms with van der Waals surface area (Å²) in [5.74, 6) is 0.208. The molecular formula is C13H15BrN2O3. The summed E-state index contributed by atoms with van der Waals surface area (Å²) in [5, 5.41) is 2.77. The minimum absolute atomic E-state index is 0.00893. The third-order valence-electron chi connectivity index (χ3n) is 2.62. The normalized spacial score (nSPS) is 14.1. The number of rotatable bonds is 3. The molecule has 102 valence electrons. The molecule has 0 spiro atoms. The number of amides is 2. The Morgan fingerprint density at radius 3 is 2.95 bits per heavy atom. The number of benzene rings is 1. The molecule has 0 saturated carbocycles. The van der Waals surface area contributed by atoms with E-state index < -0.39 is 0 Å². The molecule has 1 aromatic carbocycles. The van der Waals surface area contributed by atoms with Gasteiger partial charge in [-0.05, 0) is 32.0 Å². The number of nitrogens with one attached hydrogen (secondary N) is 1. The summed E-state index contributed by atoms with van der Waals surface area (Å²) in [5.41, 5.74) is 0.623. The number of nitrogens with zero attached hydrogens (tertiary/aromatic N) is 1. The van der Waals surface area contributed by atoms with Crippen molar-refractivity contribution in [3.63, 3.8) is 0 Å². The van der Waals surface area contributed by atoms with Crippen LogP contribution < -0.4 is 15.0 Å². The highest BCUT2D eigenvalue weighted by molar-refractivity contribution is 9.10. The van der Waals surface area contributed by atoms with E-state index in [1.54, 1.807) is 12.1 Å². The molecule has 0 fully saturated rings. The molecule has 0 aliphatic carbocycles. The van der Waals surface area contributed by atoms with Gasteiger partial charge in [-0.1, -0.05) is 15.9 Å². The summed E-state index contributed by atoms with van der Waals surface area (Å²) in [7, 11) is 0. The Kier molecular flexibility index (Phi) is 4.09. The fourth-order valence-corrected chi connectivity index (χ4v) is 2.20. The molecule has 2 amide bonds. The van der Waals surface area contributed by atoms with Crippen molar-refractivity contribution in [2.45, 2.75) is 19.9 Å². The minimum Gasteiger partial charge on any atom is -0.482 e. The van der Waals surface area contributed by atoms with Gasteiger partial charge in [0.15, 0.2) is 6.61 Å². The first-order chi connectivity index (χ1) is 8.97. The number of fused-ring (bicyclic) bond motifs is 1. The number of anilines is 1. The number of carbonyl (C=O) groups excluding carboxylic acids is 2. The lowest BCUT2D eigenvalue weighted by Gasteiger charge is -2.29. The van der Waals surface area contributed by atoms with E-state index in [1.807, 2.05) is 19.9 Å². The molecule has 0 unspecified atom stereocenters. The molecule has 2 rings (SSSR count). The molecule has 0 radical (unpaired) electrons. The van der Waals surface area contributed by atoms with Crippen molar-refractivity contribution in [1.82, 2.24) is 5.32 Å². The van der Waals surface area contributed by atoms with Gasteiger partial charge >= 0.3 is 0 Å². The van der Waals surface area contributed by atoms with Crippen molar-refractivity contribution in [1.29, 1.82) is 0 Å². The zero-order valence-corrected chi connectivity index (χ0v) is 12.4. The van der Waals surface area contributed by atoms with E-state index in [-0.39, 0.29) is 31.0 Å². The van der Waals surface area contributed by atoms with Crippen LogP contribution in [0.4, 0.5) is 5.69 Å². The highest BCUT2D eigenvalue weighted by atomic mass is 79.9. The van der Waals surface area contributed by atoms with E-state index >= 15 is 0 Å². The maximum absolute atomic E-state index is 11.9. The zero-order valence-electron chi connectivity index (χ0n) is 10.8. The second-order valence-electron chi connectivity index (χ2n) is 4.60. The Morgan fingerprint density at radius 2 is 2.26 bits per heavy atom. The van der Waals surface area contributed by atoms with Crippen molar-refractivity contribution in [2.75, 3.05) is 18.1 Å². The molecule has 1 aromatic rings. The average molecular weight is 327 g/mol. The van der Waals surface area contributed by atoms with Gasteiger partial charge in [0.05, 0.1) is 5.69 Å². The Balaban J connectivity index is 2.21. The van der Waals surface area contributed by atoms with E-state index in [4.69, 9.17) is 4.74 Å². The lowest BCUT2D eigenvalue weighted by molar-refractivity contribution is -0.125. The van der Waals surface area contributed by atoms with E-state index in [1.165, 1.54) is 4.90 Å². The van der Waals surface area contributed by atoms with Gasteiger partial charge < -0.3 is 10.1 Å². The van der Waals surface area contributed by atoms with Crippen molar-refractivity contribution in [3.05, 3.63) is 22.7 Å². The lowest BCUT2D eigenvalue weighted by atomic mass is 10.2. The SMILES string of the molecule is CC(C)NC(=O)CN1C(=O)COc2cc(Br)ccc21. The Bertz CT molecular complexity index is 517. The Morgan fingerprint density at radius 1 is 1.53 bits per heavy atom. The van der Waals surface area contributed by atoms with Crippen LogP contribution in [0, 0.1) is 0 Å². The van der Waals surface area contributed by atoms with Crippen LogP contribution >= 0.6 is 15.9 Å². The van der Waals surface area contributed by atoms with E-state index in [9.17, 15) is 9.59 Å². The second kappa shape index (κ2) is 5.61. The lowest BCUT2D eigenvalue weighted by Crippen LogP contribution is -2.46. The van der Waals surface area contributed by atoms with Gasteiger partial charge in [-0.2, -0.15) is 0 Å². The van der Waals surface area contributed by atoms with Crippen LogP contribution in [0.15, 0.2) is 22.7 Å². The summed E-state index contributed by atoms with van der Waals surface area (Å²) in [6.07, 6.45) is 0. The summed E-state index contributed by atoms with van der Waals surface area (Å²) < 4.78 is 6.22. The van der Waals surface area contributed by atoms with Crippen molar-refractivity contribution < 1.29 is 14.3 Å². The average Bonchev–Trinajstić information content (AvgIpc) is 2.32. The number of ether oxygens (including phenoxy) is 1. The van der Waals surface area contributed by atoms with E-state index in [0.717, 1.165) is 4.47 Å². The molecular weight excluding hydrogens is 312 g/mol. The zero-order chi connectivity index (χ0) is 14.0. The molecule has 0 saturated heterocycles. The highest BCUT2D eigenvalue weighted by Gasteiger charge is 2.27. The summed E-state index contributed by atoms with van der Waals surface area (Å²) in [6, 6.07) is 5.41. The number of carbonyl (C=O) groups is 2. The van der Waals surface area contributed by atoms with Crippen LogP contribution in [0.2, 0.25) is 0 Å². The van der Waals surface area contributed by atoms with Gasteiger partial charge in [0, 0.05) is 10.5 Å². The fraction of sp³-hybridized carbons (Fsp3) is 0.385. The summed E-state index contributed by atoms with van der Waals surface area (Å²) in [4.78, 5) is 25.1. The van der Waals surface area contributed by atoms with Crippen LogP contribution in [-0.2, 0) is 9.59 Å².